The van der Waals surface area contributed by atoms with E-state index in [1.807, 2.05) is 13.8 Å². The first-order valence-electron chi connectivity index (χ1n) is 7.30. The first kappa shape index (κ1) is 18.7. The summed E-state index contributed by atoms with van der Waals surface area (Å²) in [7, 11) is 0. The van der Waals surface area contributed by atoms with E-state index >= 15 is 0 Å². The van der Waals surface area contributed by atoms with E-state index in [1.165, 1.54) is 0 Å². The van der Waals surface area contributed by atoms with Gasteiger partial charge in [-0.05, 0) is 38.5 Å². The Hall–Kier alpha value is -1.32. The molecular weight excluding hydrogens is 256 g/mol. The summed E-state index contributed by atoms with van der Waals surface area (Å²) >= 11 is 0. The lowest BCUT2D eigenvalue weighted by Crippen LogP contribution is -2.17. The fourth-order valence-corrected chi connectivity index (χ4v) is 2.04. The third-order valence-electron chi connectivity index (χ3n) is 2.60. The van der Waals surface area contributed by atoms with E-state index in [0.717, 1.165) is 25.0 Å². The number of carbonyl (C=O) groups excluding carboxylic acids is 2. The highest BCUT2D eigenvalue weighted by Gasteiger charge is 2.11. The second kappa shape index (κ2) is 9.56. The molecule has 0 aromatic rings. The molecule has 4 heteroatoms. The van der Waals surface area contributed by atoms with Gasteiger partial charge in [-0.15, -0.1) is 0 Å². The Morgan fingerprint density at radius 3 is 1.30 bits per heavy atom. The van der Waals surface area contributed by atoms with Gasteiger partial charge in [-0.1, -0.05) is 27.7 Å². The molecule has 0 aromatic heterocycles. The quantitative estimate of drug-likeness (QED) is 0.505. The number of ether oxygens (including phenoxy) is 2. The molecule has 2 atom stereocenters. The molecule has 0 aromatic carbocycles. The van der Waals surface area contributed by atoms with Crippen LogP contribution in [-0.2, 0) is 19.1 Å². The molecule has 0 saturated heterocycles. The van der Waals surface area contributed by atoms with Crippen LogP contribution in [0.25, 0.3) is 0 Å². The van der Waals surface area contributed by atoms with E-state index in [1.54, 1.807) is 0 Å². The molecule has 20 heavy (non-hydrogen) atoms. The number of carbonyl (C=O) groups is 2. The van der Waals surface area contributed by atoms with Gasteiger partial charge in [-0.2, -0.15) is 0 Å². The summed E-state index contributed by atoms with van der Waals surface area (Å²) in [5.41, 5.74) is 0. The Bertz CT molecular complexity index is 299. The van der Waals surface area contributed by atoms with E-state index in [9.17, 15) is 9.59 Å². The minimum absolute atomic E-state index is 0.150. The van der Waals surface area contributed by atoms with Crippen molar-refractivity contribution in [1.29, 1.82) is 0 Å². The predicted molar refractivity (Wildman–Crippen MR) is 79.2 cm³/mol. The number of rotatable bonds is 8. The van der Waals surface area contributed by atoms with E-state index in [4.69, 9.17) is 9.47 Å². The van der Waals surface area contributed by atoms with Crippen molar-refractivity contribution >= 4 is 11.9 Å². The van der Waals surface area contributed by atoms with Crippen LogP contribution < -0.4 is 0 Å². The van der Waals surface area contributed by atoms with Crippen molar-refractivity contribution in [1.82, 2.24) is 0 Å². The lowest BCUT2D eigenvalue weighted by Gasteiger charge is -2.14. The van der Waals surface area contributed by atoms with Crippen LogP contribution in [0.5, 0.6) is 0 Å². The van der Waals surface area contributed by atoms with Crippen LogP contribution in [0.4, 0.5) is 0 Å². The molecule has 116 valence electrons. The van der Waals surface area contributed by atoms with Crippen LogP contribution in [0.3, 0.4) is 0 Å². The molecule has 0 N–H and O–H groups in total. The monoisotopic (exact) mass is 284 g/mol. The van der Waals surface area contributed by atoms with Gasteiger partial charge in [0.25, 0.3) is 0 Å². The first-order chi connectivity index (χ1) is 9.20. The average Bonchev–Trinajstić information content (AvgIpc) is 2.23. The molecule has 0 bridgehead atoms. The van der Waals surface area contributed by atoms with Crippen LogP contribution >= 0.6 is 0 Å². The molecule has 0 aliphatic carbocycles. The maximum absolute atomic E-state index is 11.5. The maximum Gasteiger partial charge on any atom is 0.331 e. The zero-order valence-electron chi connectivity index (χ0n) is 13.5. The highest BCUT2D eigenvalue weighted by atomic mass is 16.5. The lowest BCUT2D eigenvalue weighted by atomic mass is 10.1. The molecule has 0 fully saturated rings. The molecule has 4 nitrogen and oxygen atoms in total. The van der Waals surface area contributed by atoms with Crippen LogP contribution in [0, 0.1) is 11.8 Å². The minimum Gasteiger partial charge on any atom is -0.460 e. The number of hydrogen-bond acceptors (Lipinski definition) is 4. The molecule has 0 aliphatic heterocycles. The van der Waals surface area contributed by atoms with Gasteiger partial charge < -0.3 is 9.47 Å². The number of hydrogen-bond donors (Lipinski definition) is 0. The molecular formula is C16H28O4. The highest BCUT2D eigenvalue weighted by Crippen LogP contribution is 2.09. The van der Waals surface area contributed by atoms with Gasteiger partial charge in [0.1, 0.15) is 0 Å². The van der Waals surface area contributed by atoms with E-state index in [2.05, 4.69) is 27.7 Å². The van der Waals surface area contributed by atoms with Gasteiger partial charge in [0.2, 0.25) is 0 Å². The van der Waals surface area contributed by atoms with Crippen molar-refractivity contribution in [3.05, 3.63) is 12.2 Å². The Balaban J connectivity index is 4.08. The zero-order valence-corrected chi connectivity index (χ0v) is 13.5. The van der Waals surface area contributed by atoms with Crippen molar-refractivity contribution in [2.45, 2.75) is 66.6 Å². The third-order valence-corrected chi connectivity index (χ3v) is 2.60. The van der Waals surface area contributed by atoms with Gasteiger partial charge in [0.15, 0.2) is 0 Å². The fraction of sp³-hybridized carbons (Fsp3) is 0.750. The summed E-state index contributed by atoms with van der Waals surface area (Å²) in [5, 5.41) is 0. The van der Waals surface area contributed by atoms with Crippen molar-refractivity contribution in [3.63, 3.8) is 0 Å². The number of esters is 2. The van der Waals surface area contributed by atoms with Gasteiger partial charge >= 0.3 is 11.9 Å². The van der Waals surface area contributed by atoms with Crippen molar-refractivity contribution in [2.24, 2.45) is 11.8 Å². The van der Waals surface area contributed by atoms with E-state index in [0.29, 0.717) is 11.8 Å². The summed E-state index contributed by atoms with van der Waals surface area (Å²) in [5.74, 6) is -0.0921. The molecule has 0 heterocycles. The van der Waals surface area contributed by atoms with Crippen LogP contribution in [0.1, 0.15) is 54.4 Å². The molecule has 0 rings (SSSR count). The Labute approximate surface area is 122 Å². The molecule has 0 amide bonds. The smallest absolute Gasteiger partial charge is 0.331 e. The molecule has 0 saturated carbocycles. The Morgan fingerprint density at radius 2 is 1.05 bits per heavy atom. The largest absolute Gasteiger partial charge is 0.460 e. The van der Waals surface area contributed by atoms with Crippen LogP contribution in [0.2, 0.25) is 0 Å². The van der Waals surface area contributed by atoms with Crippen molar-refractivity contribution in [3.8, 4) is 0 Å². The van der Waals surface area contributed by atoms with Crippen LogP contribution in [0.15, 0.2) is 12.2 Å². The molecule has 0 radical (unpaired) electrons. The fourth-order valence-electron chi connectivity index (χ4n) is 2.04. The van der Waals surface area contributed by atoms with Gasteiger partial charge in [-0.25, -0.2) is 9.59 Å². The van der Waals surface area contributed by atoms with Crippen molar-refractivity contribution in [2.75, 3.05) is 0 Å². The molecule has 0 unspecified atom stereocenters. The summed E-state index contributed by atoms with van der Waals surface area (Å²) in [6, 6.07) is 0. The lowest BCUT2D eigenvalue weighted by molar-refractivity contribution is -0.145. The topological polar surface area (TPSA) is 52.6 Å². The van der Waals surface area contributed by atoms with E-state index < -0.39 is 11.9 Å². The summed E-state index contributed by atoms with van der Waals surface area (Å²) in [6.07, 6.45) is 3.55. The Morgan fingerprint density at radius 1 is 0.750 bits per heavy atom. The van der Waals surface area contributed by atoms with E-state index in [-0.39, 0.29) is 12.2 Å². The zero-order chi connectivity index (χ0) is 15.7. The maximum atomic E-state index is 11.5. The van der Waals surface area contributed by atoms with Crippen LogP contribution in [-0.4, -0.2) is 24.1 Å². The van der Waals surface area contributed by atoms with Crippen molar-refractivity contribution < 1.29 is 19.1 Å². The standard InChI is InChI=1S/C16H28O4/c1-11(2)9-13(5)19-15(17)7-8-16(18)20-14(6)10-12(3)4/h7-8,11-14H,9-10H2,1-6H3/b8-7-/t13-,14+. The van der Waals surface area contributed by atoms with Gasteiger partial charge in [0.05, 0.1) is 12.2 Å². The predicted octanol–water partition coefficient (Wildman–Crippen LogP) is 3.50. The summed E-state index contributed by atoms with van der Waals surface area (Å²) in [4.78, 5) is 23.0. The minimum atomic E-state index is -0.508. The second-order valence-corrected chi connectivity index (χ2v) is 6.09. The molecule has 0 spiro atoms. The SMILES string of the molecule is CC(C)C[C@@H](C)OC(=O)/C=C\C(=O)O[C@@H](C)CC(C)C. The average molecular weight is 284 g/mol. The first-order valence-corrected chi connectivity index (χ1v) is 7.30. The molecule has 0 aliphatic rings. The summed E-state index contributed by atoms with van der Waals surface area (Å²) < 4.78 is 10.3. The second-order valence-electron chi connectivity index (χ2n) is 6.09. The Kier molecular flexibility index (Phi) is 8.93. The summed E-state index contributed by atoms with van der Waals surface area (Å²) in [6.45, 7) is 11.9. The highest BCUT2D eigenvalue weighted by molar-refractivity contribution is 5.91. The third kappa shape index (κ3) is 10.6. The van der Waals surface area contributed by atoms with Gasteiger partial charge in [0, 0.05) is 12.2 Å². The normalized spacial score (nSPS) is 14.6. The van der Waals surface area contributed by atoms with Gasteiger partial charge in [-0.3, -0.25) is 0 Å².